The zero-order valence-corrected chi connectivity index (χ0v) is 11.8. The van der Waals surface area contributed by atoms with Gasteiger partial charge in [0, 0.05) is 6.54 Å². The van der Waals surface area contributed by atoms with Gasteiger partial charge in [-0.3, -0.25) is 4.79 Å². The molecule has 110 valence electrons. The summed E-state index contributed by atoms with van der Waals surface area (Å²) in [6.45, 7) is 0.770. The number of nitrogens with one attached hydrogen (secondary N) is 1. The molecule has 0 aliphatic carbocycles. The lowest BCUT2D eigenvalue weighted by Crippen LogP contribution is -2.27. The largest absolute Gasteiger partial charge is 0.489 e. The van der Waals surface area contributed by atoms with Crippen LogP contribution in [0.25, 0.3) is 0 Å². The lowest BCUT2D eigenvalue weighted by molar-refractivity contribution is -0.120. The third kappa shape index (κ3) is 5.28. The van der Waals surface area contributed by atoms with Crippen LogP contribution in [0.2, 0.25) is 0 Å². The number of carbonyl (C=O) groups is 1. The van der Waals surface area contributed by atoms with Crippen molar-refractivity contribution in [2.45, 2.75) is 13.0 Å². The van der Waals surface area contributed by atoms with Gasteiger partial charge in [0.1, 0.15) is 12.4 Å². The third-order valence-electron chi connectivity index (χ3n) is 2.97. The van der Waals surface area contributed by atoms with Crippen molar-refractivity contribution in [2.75, 3.05) is 13.2 Å². The molecule has 0 bridgehead atoms. The van der Waals surface area contributed by atoms with E-state index in [0.29, 0.717) is 13.0 Å². The summed E-state index contributed by atoms with van der Waals surface area (Å²) >= 11 is 0. The Morgan fingerprint density at radius 3 is 2.38 bits per heavy atom. The van der Waals surface area contributed by atoms with E-state index in [0.717, 1.165) is 16.9 Å². The van der Waals surface area contributed by atoms with Crippen molar-refractivity contribution in [3.8, 4) is 5.75 Å². The van der Waals surface area contributed by atoms with E-state index in [2.05, 4.69) is 5.32 Å². The van der Waals surface area contributed by atoms with Crippen LogP contribution in [0.3, 0.4) is 0 Å². The maximum atomic E-state index is 11.5. The number of carbonyl (C=O) groups excluding carboxylic acids is 1. The van der Waals surface area contributed by atoms with Gasteiger partial charge < -0.3 is 15.2 Å². The first kappa shape index (κ1) is 15.1. The van der Waals surface area contributed by atoms with Crippen molar-refractivity contribution >= 4 is 5.91 Å². The predicted octanol–water partition coefficient (Wildman–Crippen LogP) is 1.92. The molecule has 0 atom stereocenters. The molecule has 0 saturated heterocycles. The van der Waals surface area contributed by atoms with Gasteiger partial charge in [0.25, 0.3) is 0 Å². The molecule has 2 rings (SSSR count). The van der Waals surface area contributed by atoms with Crippen molar-refractivity contribution in [3.63, 3.8) is 0 Å². The smallest absolute Gasteiger partial charge is 0.224 e. The Balaban J connectivity index is 1.83. The molecule has 4 heteroatoms. The fourth-order valence-electron chi connectivity index (χ4n) is 1.89. The Bertz CT molecular complexity index is 552. The van der Waals surface area contributed by atoms with Gasteiger partial charge in [-0.15, -0.1) is 0 Å². The fourth-order valence-corrected chi connectivity index (χ4v) is 1.89. The maximum Gasteiger partial charge on any atom is 0.224 e. The van der Waals surface area contributed by atoms with Crippen molar-refractivity contribution in [1.29, 1.82) is 0 Å². The molecule has 0 radical (unpaired) electrons. The van der Waals surface area contributed by atoms with Crippen molar-refractivity contribution in [3.05, 3.63) is 65.7 Å². The van der Waals surface area contributed by atoms with Gasteiger partial charge in [0.05, 0.1) is 13.0 Å². The number of hydrogen-bond donors (Lipinski definition) is 2. The maximum absolute atomic E-state index is 11.5. The standard InChI is InChI=1S/C17H19NO3/c19-11-10-18-17(20)12-14-6-8-16(9-7-14)21-13-15-4-2-1-3-5-15/h1-9,19H,10-13H2,(H,18,20). The van der Waals surface area contributed by atoms with Gasteiger partial charge in [-0.2, -0.15) is 0 Å². The number of rotatable bonds is 7. The summed E-state index contributed by atoms with van der Waals surface area (Å²) in [5, 5.41) is 11.3. The van der Waals surface area contributed by atoms with E-state index in [1.807, 2.05) is 54.6 Å². The number of aliphatic hydroxyl groups excluding tert-OH is 1. The molecule has 0 fully saturated rings. The highest BCUT2D eigenvalue weighted by Gasteiger charge is 2.03. The number of ether oxygens (including phenoxy) is 1. The first-order valence-electron chi connectivity index (χ1n) is 6.91. The number of aliphatic hydroxyl groups is 1. The van der Waals surface area contributed by atoms with E-state index in [1.165, 1.54) is 0 Å². The summed E-state index contributed by atoms with van der Waals surface area (Å²) < 4.78 is 5.68. The summed E-state index contributed by atoms with van der Waals surface area (Å²) in [6.07, 6.45) is 0.305. The lowest BCUT2D eigenvalue weighted by atomic mass is 10.1. The van der Waals surface area contributed by atoms with E-state index in [9.17, 15) is 4.79 Å². The van der Waals surface area contributed by atoms with Crippen LogP contribution in [0, 0.1) is 0 Å². The number of hydrogen-bond acceptors (Lipinski definition) is 3. The first-order valence-corrected chi connectivity index (χ1v) is 6.91. The van der Waals surface area contributed by atoms with Gasteiger partial charge in [0.15, 0.2) is 0 Å². The second-order valence-corrected chi connectivity index (χ2v) is 4.67. The summed E-state index contributed by atoms with van der Waals surface area (Å²) in [5.41, 5.74) is 2.03. The Hall–Kier alpha value is -2.33. The third-order valence-corrected chi connectivity index (χ3v) is 2.97. The zero-order chi connectivity index (χ0) is 14.9. The molecule has 0 saturated carbocycles. The average Bonchev–Trinajstić information content (AvgIpc) is 2.53. The summed E-state index contributed by atoms with van der Waals surface area (Å²) in [7, 11) is 0. The minimum absolute atomic E-state index is 0.0436. The van der Waals surface area contributed by atoms with Gasteiger partial charge in [-0.1, -0.05) is 42.5 Å². The summed E-state index contributed by atoms with van der Waals surface area (Å²) in [6, 6.07) is 17.4. The van der Waals surface area contributed by atoms with Crippen LogP contribution >= 0.6 is 0 Å². The second-order valence-electron chi connectivity index (χ2n) is 4.67. The minimum Gasteiger partial charge on any atom is -0.489 e. The molecule has 2 aromatic carbocycles. The first-order chi connectivity index (χ1) is 10.3. The Kier molecular flexibility index (Phi) is 5.79. The summed E-state index contributed by atoms with van der Waals surface area (Å²) in [4.78, 5) is 11.5. The van der Waals surface area contributed by atoms with Crippen LogP contribution in [-0.2, 0) is 17.8 Å². The van der Waals surface area contributed by atoms with Crippen LogP contribution < -0.4 is 10.1 Å². The van der Waals surface area contributed by atoms with Crippen molar-refractivity contribution in [1.82, 2.24) is 5.32 Å². The van der Waals surface area contributed by atoms with Crippen molar-refractivity contribution in [2.24, 2.45) is 0 Å². The SMILES string of the molecule is O=C(Cc1ccc(OCc2ccccc2)cc1)NCCO. The minimum atomic E-state index is -0.0954. The van der Waals surface area contributed by atoms with Gasteiger partial charge >= 0.3 is 0 Å². The molecule has 0 aromatic heterocycles. The highest BCUT2D eigenvalue weighted by atomic mass is 16.5. The van der Waals surface area contributed by atoms with Gasteiger partial charge in [-0.05, 0) is 23.3 Å². The molecule has 21 heavy (non-hydrogen) atoms. The van der Waals surface area contributed by atoms with E-state index in [1.54, 1.807) is 0 Å². The number of benzene rings is 2. The highest BCUT2D eigenvalue weighted by Crippen LogP contribution is 2.14. The van der Waals surface area contributed by atoms with Crippen LogP contribution in [-0.4, -0.2) is 24.2 Å². The van der Waals surface area contributed by atoms with Crippen LogP contribution in [0.1, 0.15) is 11.1 Å². The van der Waals surface area contributed by atoms with Crippen LogP contribution in [0.5, 0.6) is 5.75 Å². The summed E-state index contributed by atoms with van der Waals surface area (Å²) in [5.74, 6) is 0.681. The van der Waals surface area contributed by atoms with Crippen LogP contribution in [0.15, 0.2) is 54.6 Å². The zero-order valence-electron chi connectivity index (χ0n) is 11.8. The van der Waals surface area contributed by atoms with Crippen LogP contribution in [0.4, 0.5) is 0 Å². The highest BCUT2D eigenvalue weighted by molar-refractivity contribution is 5.78. The topological polar surface area (TPSA) is 58.6 Å². The molecular weight excluding hydrogens is 266 g/mol. The molecule has 1 amide bonds. The molecule has 0 aliphatic rings. The van der Waals surface area contributed by atoms with E-state index >= 15 is 0 Å². The quantitative estimate of drug-likeness (QED) is 0.817. The Morgan fingerprint density at radius 2 is 1.71 bits per heavy atom. The molecular formula is C17H19NO3. The lowest BCUT2D eigenvalue weighted by Gasteiger charge is -2.07. The molecule has 4 nitrogen and oxygen atoms in total. The Morgan fingerprint density at radius 1 is 1.00 bits per heavy atom. The number of amides is 1. The molecule has 2 N–H and O–H groups in total. The molecule has 0 unspecified atom stereocenters. The molecule has 0 aliphatic heterocycles. The average molecular weight is 285 g/mol. The Labute approximate surface area is 124 Å². The predicted molar refractivity (Wildman–Crippen MR) is 81.0 cm³/mol. The fraction of sp³-hybridized carbons (Fsp3) is 0.235. The normalized spacial score (nSPS) is 10.1. The van der Waals surface area contributed by atoms with Gasteiger partial charge in [-0.25, -0.2) is 0 Å². The van der Waals surface area contributed by atoms with E-state index < -0.39 is 0 Å². The molecule has 0 heterocycles. The monoisotopic (exact) mass is 285 g/mol. The van der Waals surface area contributed by atoms with E-state index in [-0.39, 0.29) is 19.1 Å². The second kappa shape index (κ2) is 8.07. The molecule has 0 spiro atoms. The van der Waals surface area contributed by atoms with Gasteiger partial charge in [0.2, 0.25) is 5.91 Å². The van der Waals surface area contributed by atoms with E-state index in [4.69, 9.17) is 9.84 Å². The molecule has 2 aromatic rings. The van der Waals surface area contributed by atoms with Crippen molar-refractivity contribution < 1.29 is 14.6 Å².